The molecule has 0 aliphatic heterocycles. The van der Waals surface area contributed by atoms with Gasteiger partial charge in [-0.25, -0.2) is 4.79 Å². The van der Waals surface area contributed by atoms with E-state index in [1.165, 1.54) is 7.11 Å². The summed E-state index contributed by atoms with van der Waals surface area (Å²) in [6.45, 7) is 0. The maximum absolute atomic E-state index is 11.2. The van der Waals surface area contributed by atoms with Crippen LogP contribution in [-0.4, -0.2) is 19.0 Å². The summed E-state index contributed by atoms with van der Waals surface area (Å²) in [4.78, 5) is 11.2. The highest BCUT2D eigenvalue weighted by molar-refractivity contribution is 7.80. The average Bonchev–Trinajstić information content (AvgIpc) is 2.20. The molecule has 0 radical (unpaired) electrons. The van der Waals surface area contributed by atoms with Gasteiger partial charge in [0.1, 0.15) is 0 Å². The third-order valence-electron chi connectivity index (χ3n) is 1.66. The summed E-state index contributed by atoms with van der Waals surface area (Å²) in [6.07, 6.45) is 0. The van der Waals surface area contributed by atoms with Crippen molar-refractivity contribution < 1.29 is 9.53 Å². The van der Waals surface area contributed by atoms with Crippen LogP contribution in [0, 0.1) is 0 Å². The third-order valence-corrected chi connectivity index (χ3v) is 2.14. The van der Waals surface area contributed by atoms with Gasteiger partial charge in [-0.2, -0.15) is 12.6 Å². The number of hydrogen-bond acceptors (Lipinski definition) is 4. The number of anilines is 1. The van der Waals surface area contributed by atoms with Crippen LogP contribution in [0.2, 0.25) is 5.02 Å². The smallest absolute Gasteiger partial charge is 0.337 e. The molecule has 0 aliphatic carbocycles. The molecule has 0 aliphatic rings. The van der Waals surface area contributed by atoms with Crippen molar-refractivity contribution in [2.24, 2.45) is 0 Å². The van der Waals surface area contributed by atoms with E-state index in [0.717, 1.165) is 0 Å². The number of methoxy groups -OCH3 is 1. The number of carbonyl (C=O) groups is 1. The number of nitrogens with one attached hydrogen (secondary N) is 1. The Labute approximate surface area is 92.8 Å². The van der Waals surface area contributed by atoms with E-state index in [-0.39, 0.29) is 5.97 Å². The van der Waals surface area contributed by atoms with Crippen molar-refractivity contribution in [2.75, 3.05) is 18.3 Å². The lowest BCUT2D eigenvalue weighted by atomic mass is 10.2. The molecule has 0 unspecified atom stereocenters. The second-order valence-corrected chi connectivity index (χ2v) is 3.24. The van der Waals surface area contributed by atoms with Crippen LogP contribution in [0.5, 0.6) is 0 Å². The molecule has 76 valence electrons. The lowest BCUT2D eigenvalue weighted by molar-refractivity contribution is 0.0601. The van der Waals surface area contributed by atoms with Gasteiger partial charge in [0.25, 0.3) is 0 Å². The van der Waals surface area contributed by atoms with E-state index in [1.54, 1.807) is 18.2 Å². The minimum atomic E-state index is -0.385. The Morgan fingerprint density at radius 2 is 2.36 bits per heavy atom. The molecule has 3 nitrogen and oxygen atoms in total. The first-order valence-corrected chi connectivity index (χ1v) is 4.92. The van der Waals surface area contributed by atoms with Crippen molar-refractivity contribution in [3.8, 4) is 0 Å². The number of esters is 1. The van der Waals surface area contributed by atoms with Crippen LogP contribution >= 0.6 is 24.2 Å². The van der Waals surface area contributed by atoms with E-state index in [1.807, 2.05) is 0 Å². The predicted molar refractivity (Wildman–Crippen MR) is 60.3 cm³/mol. The van der Waals surface area contributed by atoms with Gasteiger partial charge in [0.15, 0.2) is 0 Å². The van der Waals surface area contributed by atoms with Crippen LogP contribution in [0.4, 0.5) is 5.69 Å². The van der Waals surface area contributed by atoms with E-state index in [2.05, 4.69) is 22.7 Å². The first kappa shape index (κ1) is 11.2. The van der Waals surface area contributed by atoms with Crippen molar-refractivity contribution in [1.29, 1.82) is 0 Å². The van der Waals surface area contributed by atoms with Gasteiger partial charge in [0.05, 0.1) is 29.3 Å². The monoisotopic (exact) mass is 231 g/mol. The van der Waals surface area contributed by atoms with E-state index in [4.69, 9.17) is 11.6 Å². The summed E-state index contributed by atoms with van der Waals surface area (Å²) in [5.41, 5.74) is 1.13. The van der Waals surface area contributed by atoms with Crippen LogP contribution < -0.4 is 5.32 Å². The molecule has 0 spiro atoms. The first-order chi connectivity index (χ1) is 6.69. The molecule has 0 saturated heterocycles. The Hall–Kier alpha value is -0.870. The molecule has 1 rings (SSSR count). The zero-order valence-electron chi connectivity index (χ0n) is 7.58. The molecule has 0 amide bonds. The van der Waals surface area contributed by atoms with Gasteiger partial charge in [-0.1, -0.05) is 11.6 Å². The lowest BCUT2D eigenvalue weighted by Crippen LogP contribution is -2.03. The van der Waals surface area contributed by atoms with Crippen molar-refractivity contribution in [2.45, 2.75) is 0 Å². The molecular weight excluding hydrogens is 222 g/mol. The van der Waals surface area contributed by atoms with Gasteiger partial charge in [-0.15, -0.1) is 0 Å². The number of rotatable bonds is 3. The van der Waals surface area contributed by atoms with Crippen molar-refractivity contribution >= 4 is 35.9 Å². The zero-order valence-corrected chi connectivity index (χ0v) is 9.23. The van der Waals surface area contributed by atoms with Gasteiger partial charge in [0.2, 0.25) is 0 Å². The lowest BCUT2D eigenvalue weighted by Gasteiger charge is -2.07. The van der Waals surface area contributed by atoms with Gasteiger partial charge in [-0.05, 0) is 18.2 Å². The molecule has 14 heavy (non-hydrogen) atoms. The van der Waals surface area contributed by atoms with Crippen LogP contribution in [-0.2, 0) is 4.74 Å². The maximum atomic E-state index is 11.2. The Balaban J connectivity index is 2.99. The molecule has 0 saturated carbocycles. The van der Waals surface area contributed by atoms with Crippen LogP contribution in [0.3, 0.4) is 0 Å². The molecule has 1 aromatic carbocycles. The largest absolute Gasteiger partial charge is 0.465 e. The second-order valence-electron chi connectivity index (χ2n) is 2.52. The van der Waals surface area contributed by atoms with E-state index in [9.17, 15) is 4.79 Å². The van der Waals surface area contributed by atoms with E-state index >= 15 is 0 Å². The Bertz CT molecular complexity index is 344. The normalized spacial score (nSPS) is 9.64. The minimum Gasteiger partial charge on any atom is -0.465 e. The van der Waals surface area contributed by atoms with Crippen LogP contribution in [0.1, 0.15) is 10.4 Å². The average molecular weight is 232 g/mol. The molecule has 0 heterocycles. The predicted octanol–water partition coefficient (Wildman–Crippen LogP) is 2.43. The third kappa shape index (κ3) is 2.56. The van der Waals surface area contributed by atoms with Crippen LogP contribution in [0.15, 0.2) is 18.2 Å². The summed E-state index contributed by atoms with van der Waals surface area (Å²) in [6, 6.07) is 4.88. The van der Waals surface area contributed by atoms with Gasteiger partial charge < -0.3 is 10.1 Å². The number of hydrogen-bond donors (Lipinski definition) is 2. The topological polar surface area (TPSA) is 38.3 Å². The number of thiol groups is 1. The fourth-order valence-electron chi connectivity index (χ4n) is 0.991. The SMILES string of the molecule is COC(=O)c1ccc(Cl)c(NCS)c1. The highest BCUT2D eigenvalue weighted by atomic mass is 35.5. The summed E-state index contributed by atoms with van der Waals surface area (Å²) in [5.74, 6) is 0.0635. The van der Waals surface area contributed by atoms with Crippen molar-refractivity contribution in [3.05, 3.63) is 28.8 Å². The number of halogens is 1. The summed E-state index contributed by atoms with van der Waals surface area (Å²) in [5, 5.41) is 3.47. The van der Waals surface area contributed by atoms with Gasteiger partial charge in [-0.3, -0.25) is 0 Å². The fraction of sp³-hybridized carbons (Fsp3) is 0.222. The summed E-state index contributed by atoms with van der Waals surface area (Å²) < 4.78 is 4.58. The quantitative estimate of drug-likeness (QED) is 0.477. The minimum absolute atomic E-state index is 0.385. The summed E-state index contributed by atoms with van der Waals surface area (Å²) in [7, 11) is 1.34. The van der Waals surface area contributed by atoms with Crippen molar-refractivity contribution in [1.82, 2.24) is 0 Å². The zero-order chi connectivity index (χ0) is 10.6. The summed E-state index contributed by atoms with van der Waals surface area (Å²) >= 11 is 9.88. The Morgan fingerprint density at radius 3 is 2.93 bits per heavy atom. The molecular formula is C9H10ClNO2S. The van der Waals surface area contributed by atoms with Gasteiger partial charge >= 0.3 is 5.97 Å². The number of benzene rings is 1. The van der Waals surface area contributed by atoms with E-state index in [0.29, 0.717) is 22.2 Å². The Kier molecular flexibility index (Phi) is 4.10. The number of carbonyl (C=O) groups excluding carboxylic acids is 1. The van der Waals surface area contributed by atoms with Gasteiger partial charge in [0, 0.05) is 0 Å². The van der Waals surface area contributed by atoms with Crippen LogP contribution in [0.25, 0.3) is 0 Å². The highest BCUT2D eigenvalue weighted by Gasteiger charge is 2.07. The molecule has 1 N–H and O–H groups in total. The van der Waals surface area contributed by atoms with Crippen molar-refractivity contribution in [3.63, 3.8) is 0 Å². The molecule has 0 aromatic heterocycles. The second kappa shape index (κ2) is 5.12. The molecule has 1 aromatic rings. The molecule has 5 heteroatoms. The maximum Gasteiger partial charge on any atom is 0.337 e. The Morgan fingerprint density at radius 1 is 1.64 bits per heavy atom. The molecule has 0 atom stereocenters. The standard InChI is InChI=1S/C9H10ClNO2S/c1-13-9(12)6-2-3-7(10)8(4-6)11-5-14/h2-4,11,14H,5H2,1H3. The molecule has 0 fully saturated rings. The van der Waals surface area contributed by atoms with E-state index < -0.39 is 0 Å². The fourth-order valence-corrected chi connectivity index (χ4v) is 1.35. The number of ether oxygens (including phenoxy) is 1. The molecule has 0 bridgehead atoms. The first-order valence-electron chi connectivity index (χ1n) is 3.91. The highest BCUT2D eigenvalue weighted by Crippen LogP contribution is 2.23.